The number of Topliss-reactive ketones (excluding diaryl/α,β-unsaturated/α-hetero) is 1. The molecular formula is C88H139N19O28S4. The standard InChI is InChI=1S/C53H81N9O19S2.C35H58N10O9S2/c1-5-29(3)34-19-31(64)23-55-48(71)37-21-35-33-7-8-41(66)36(27-82-18-17-81-16-15-80-14-13-79-12-11-78-10-9-77-6-2)46(33)61-52(35)83(76)28-39(57-44(69)24-56-47(34)70)49(72)59-38(22-43(54)68)53(75)62-25-32(65)20-40(62)50(73)60-45(51(74)58-37)30(4)42(67)26-63;1-6-51-16-17-52-15-14-45-19-27(42-44-45)18-38-35(50)53-20-25-9-11-26(12-10-25)39-32(47)29(8-7-13-37-34(36)49)40-33(48)31(24(2)3)41-30(46)21-54-43-28(22-55-4)23-56-5/h7-8,29-30,32,34,37-40,42,45,61,63,65-67H,5-6,9-28H2,1-4H3,(H2,54,68)(H,55,71)(H,56,70)(H,57,69)(H,58,74)(H,59,72)(H,60,73);9-12,19,24,29,31,42,44H,6-8,13-18,20-23H2,1-5H3,(H,38,50)(H,39,47)(H,40,48)(H,41,46)(H3,36,37,49)/t29-,30-,32+,34-,37-,38-,39+,40-,42-,45-,83?;29-,31-/m00/s1. The largest absolute Gasteiger partial charge is 0.508 e. The number of ether oxygens (including phenoxy) is 8. The van der Waals surface area contributed by atoms with Gasteiger partial charge < -0.3 is 148 Å². The summed E-state index contributed by atoms with van der Waals surface area (Å²) in [5.74, 6) is -12.7. The van der Waals surface area contributed by atoms with Crippen LogP contribution >= 0.6 is 35.3 Å². The van der Waals surface area contributed by atoms with Crippen molar-refractivity contribution in [1.82, 2.24) is 79.0 Å². The molecule has 2 bridgehead atoms. The van der Waals surface area contributed by atoms with Gasteiger partial charge in [-0.25, -0.2) is 9.59 Å². The molecule has 14 amide bonds. The van der Waals surface area contributed by atoms with Crippen LogP contribution in [0.2, 0.25) is 0 Å². The Kier molecular flexibility index (Phi) is 54.3. The van der Waals surface area contributed by atoms with E-state index in [1.54, 1.807) is 80.5 Å². The molecule has 0 spiro atoms. The number of primary amides is 2. The Hall–Kier alpha value is -10.3. The molecular weight excluding hydrogens is 1900 g/mol. The van der Waals surface area contributed by atoms with Crippen molar-refractivity contribution in [3.8, 4) is 5.75 Å². The molecule has 4 aliphatic heterocycles. The number of aliphatic hydroxyl groups is 3. The molecule has 1 unspecified atom stereocenters. The molecule has 0 saturated carbocycles. The number of amides is 14. The molecule has 1 aromatic heterocycles. The van der Waals surface area contributed by atoms with Crippen LogP contribution in [0.3, 0.4) is 0 Å². The van der Waals surface area contributed by atoms with Crippen LogP contribution in [0.25, 0.3) is 10.9 Å². The number of alkyl carbamates (subject to hydrolysis) is 1. The summed E-state index contributed by atoms with van der Waals surface area (Å²) in [5.41, 5.74) is 19.9. The second kappa shape index (κ2) is 64.2. The number of hydrogen-bond acceptors (Lipinski definition) is 35. The minimum atomic E-state index is -2.45. The van der Waals surface area contributed by atoms with E-state index in [0.29, 0.717) is 133 Å². The van der Waals surface area contributed by atoms with E-state index in [-0.39, 0.29) is 84.9 Å². The summed E-state index contributed by atoms with van der Waals surface area (Å²) in [6, 6.07) is -2.07. The number of rotatable bonds is 53. The number of nitrogens with zero attached hydrogens (tertiary/aromatic N) is 3. The molecule has 4 aliphatic rings. The van der Waals surface area contributed by atoms with Gasteiger partial charge >= 0.3 is 12.1 Å². The Labute approximate surface area is 822 Å². The van der Waals surface area contributed by atoms with Gasteiger partial charge in [0.2, 0.25) is 59.1 Å². The number of fused-ring (bicyclic) bond motifs is 5. The second-order valence-electron chi connectivity index (χ2n) is 33.0. The summed E-state index contributed by atoms with van der Waals surface area (Å²) in [7, 11) is -2.45. The number of hydrogen-bond donors (Lipinski definition) is 20. The number of aliphatic hydroxyl groups excluding tert-OH is 3. The number of phenolic OH excluding ortho intramolecular Hbond substituents is 1. The third-order valence-corrected chi connectivity index (χ3v) is 25.7. The highest BCUT2D eigenvalue weighted by Crippen LogP contribution is 2.36. The number of anilines is 1. The molecule has 0 aliphatic carbocycles. The van der Waals surface area contributed by atoms with Crippen LogP contribution in [-0.2, 0) is 130 Å². The molecule has 1 fully saturated rings. The lowest BCUT2D eigenvalue weighted by Crippen LogP contribution is -2.62. The Bertz CT molecular complexity index is 4560. The molecule has 3 aromatic rings. The van der Waals surface area contributed by atoms with Crippen LogP contribution in [-0.4, -0.2) is 363 Å². The molecule has 7 rings (SSSR count). The molecule has 139 heavy (non-hydrogen) atoms. The number of nitrogens with one attached hydrogen (secondary N) is 14. The Morgan fingerprint density at radius 2 is 1.35 bits per heavy atom. The van der Waals surface area contributed by atoms with Crippen LogP contribution in [0.15, 0.2) is 58.5 Å². The van der Waals surface area contributed by atoms with Crippen molar-refractivity contribution in [3.63, 3.8) is 0 Å². The molecule has 22 N–H and O–H groups in total. The van der Waals surface area contributed by atoms with Gasteiger partial charge in [0.25, 0.3) is 5.91 Å². The Morgan fingerprint density at radius 1 is 0.712 bits per heavy atom. The monoisotopic (exact) mass is 2040 g/mol. The first-order valence-electron chi connectivity index (χ1n) is 45.9. The number of oxime groups is 1. The molecule has 778 valence electrons. The lowest BCUT2D eigenvalue weighted by atomic mass is 9.86. The average Bonchev–Trinajstić information content (AvgIpc) is 1.51. The van der Waals surface area contributed by atoms with Crippen molar-refractivity contribution < 1.29 is 134 Å². The van der Waals surface area contributed by atoms with Gasteiger partial charge in [-0.2, -0.15) is 35.3 Å². The number of benzene rings is 2. The maximum atomic E-state index is 15.2. The zero-order valence-corrected chi connectivity index (χ0v) is 83.3. The minimum absolute atomic E-state index is 0.0159. The smallest absolute Gasteiger partial charge is 0.407 e. The fourth-order valence-corrected chi connectivity index (χ4v) is 17.7. The Morgan fingerprint density at radius 3 is 1.97 bits per heavy atom. The molecule has 5 heterocycles. The van der Waals surface area contributed by atoms with E-state index in [1.165, 1.54) is 30.8 Å². The molecule has 13 atom stereocenters. The summed E-state index contributed by atoms with van der Waals surface area (Å²) < 4.78 is 58.7. The number of phenols is 1. The van der Waals surface area contributed by atoms with E-state index < -0.39 is 224 Å². The topological polar surface area (TPSA) is 663 Å². The van der Waals surface area contributed by atoms with E-state index in [2.05, 4.69) is 79.6 Å². The Balaban J connectivity index is 0.000000461. The molecule has 0 radical (unpaired) electrons. The number of nitrogens with two attached hydrogens (primary N) is 2. The molecule has 47 nitrogen and oxygen atoms in total. The van der Waals surface area contributed by atoms with Crippen LogP contribution in [0.5, 0.6) is 5.75 Å². The zero-order chi connectivity index (χ0) is 102. The van der Waals surface area contributed by atoms with Gasteiger partial charge in [-0.3, -0.25) is 66.8 Å². The highest BCUT2D eigenvalue weighted by Gasteiger charge is 2.46. The van der Waals surface area contributed by atoms with Gasteiger partial charge in [0.1, 0.15) is 59.7 Å². The number of carbonyl (C=O) groups excluding carboxylic acids is 14. The number of H-pyrrole nitrogens is 1. The summed E-state index contributed by atoms with van der Waals surface area (Å²) in [6.07, 6.45) is 0.693. The summed E-state index contributed by atoms with van der Waals surface area (Å²) >= 11 is 4.54. The molecule has 1 saturated heterocycles. The fourth-order valence-electron chi connectivity index (χ4n) is 14.4. The highest BCUT2D eigenvalue weighted by molar-refractivity contribution is 8.00. The lowest BCUT2D eigenvalue weighted by molar-refractivity contribution is -0.144. The van der Waals surface area contributed by atoms with Crippen molar-refractivity contribution in [3.05, 3.63) is 65.0 Å². The predicted molar refractivity (Wildman–Crippen MR) is 517 cm³/mol. The van der Waals surface area contributed by atoms with Crippen molar-refractivity contribution >= 4 is 151 Å². The first-order chi connectivity index (χ1) is 66.6. The summed E-state index contributed by atoms with van der Waals surface area (Å²) in [5, 5.41) is 77.5. The van der Waals surface area contributed by atoms with Crippen LogP contribution in [0.4, 0.5) is 15.3 Å². The van der Waals surface area contributed by atoms with Crippen molar-refractivity contribution in [1.29, 1.82) is 0 Å². The minimum Gasteiger partial charge on any atom is -0.508 e. The van der Waals surface area contributed by atoms with Crippen molar-refractivity contribution in [2.75, 3.05) is 186 Å². The molecule has 51 heteroatoms. The number of ketones is 1. The number of urea groups is 1. The van der Waals surface area contributed by atoms with E-state index >= 15 is 4.21 Å². The predicted octanol–water partition coefficient (Wildman–Crippen LogP) is -2.25. The van der Waals surface area contributed by atoms with Gasteiger partial charge in [-0.15, -0.1) is 5.53 Å². The van der Waals surface area contributed by atoms with Gasteiger partial charge in [-0.05, 0) is 86.4 Å². The van der Waals surface area contributed by atoms with E-state index in [9.17, 15) is 87.5 Å². The second-order valence-corrected chi connectivity index (χ2v) is 37.3. The number of carbonyl (C=O) groups is 14. The van der Waals surface area contributed by atoms with E-state index in [0.717, 1.165) is 16.3 Å². The number of aromatic hydroxyl groups is 1. The maximum absolute atomic E-state index is 15.2. The lowest BCUT2D eigenvalue weighted by Gasteiger charge is -2.32. The van der Waals surface area contributed by atoms with Crippen LogP contribution in [0, 0.1) is 23.7 Å². The normalized spacial score (nSPS) is 20.1. The first kappa shape index (κ1) is 117. The number of aromatic amines is 1. The SMILES string of the molecule is CCOCCOCCN1C=C(CNC(=O)OCc2ccc(NC(=O)[C@H](CCCNC(N)=O)NC(=O)[C@@H](NC(=O)CON=C(CSC)CSC)C(C)C)cc2)NN1.CCOCCOCCOCCOCCOCCSCc1c(O)ccc2c3c([nH]c12)S(=O)C[C@H]1NC(=O)CNC(=O)[C@H]([C@@H](C)CC)CC(=O)CNC(=O)[C@H](C3)NC(=O)[C@H]([C@@H](C)[C@@H](O)CO)NC(=O)[C@@H]2C[C@@H](O)CN2C(=O)[C@H](CC(N)=O)NC1=O. The first-order valence-corrected chi connectivity index (χ1v) is 51.2. The van der Waals surface area contributed by atoms with Gasteiger partial charge in [0.15, 0.2) is 12.4 Å². The summed E-state index contributed by atoms with van der Waals surface area (Å²) in [6.45, 7) is 16.2. The van der Waals surface area contributed by atoms with E-state index in [4.69, 9.17) is 54.2 Å². The van der Waals surface area contributed by atoms with Crippen LogP contribution < -0.4 is 80.9 Å². The molecule has 2 aromatic carbocycles. The fraction of sp³-hybridized carbons (Fsp3) is 0.648. The van der Waals surface area contributed by atoms with Gasteiger partial charge in [0.05, 0.1) is 164 Å². The number of hydrazine groups is 2. The average molecular weight is 2040 g/mol. The summed E-state index contributed by atoms with van der Waals surface area (Å²) in [4.78, 5) is 199. The van der Waals surface area contributed by atoms with Gasteiger partial charge in [0, 0.05) is 103 Å². The maximum Gasteiger partial charge on any atom is 0.407 e. The van der Waals surface area contributed by atoms with Crippen molar-refractivity contribution in [2.45, 2.75) is 165 Å². The van der Waals surface area contributed by atoms with Crippen molar-refractivity contribution in [2.24, 2.45) is 40.3 Å². The van der Waals surface area contributed by atoms with E-state index in [1.807, 2.05) is 32.6 Å². The third-order valence-electron chi connectivity index (χ3n) is 22.1. The van der Waals surface area contributed by atoms with Gasteiger partial charge in [-0.1, -0.05) is 58.3 Å². The van der Waals surface area contributed by atoms with Crippen LogP contribution in [0.1, 0.15) is 104 Å². The quantitative estimate of drug-likeness (QED) is 0.0161. The number of aromatic nitrogens is 1. The number of thioether (sulfide) groups is 3. The highest BCUT2D eigenvalue weighted by atomic mass is 32.2. The zero-order valence-electron chi connectivity index (χ0n) is 80.0. The third kappa shape index (κ3) is 41.8.